The molecule has 3 rings (SSSR count). The lowest BCUT2D eigenvalue weighted by atomic mass is 9.92. The molecule has 3 N–H and O–H groups in total. The molecule has 0 bridgehead atoms. The number of rotatable bonds is 6. The van der Waals surface area contributed by atoms with Crippen LogP contribution in [0.5, 0.6) is 0 Å². The summed E-state index contributed by atoms with van der Waals surface area (Å²) < 4.78 is 3.17. The number of hydrazine groups is 1. The van der Waals surface area contributed by atoms with Crippen LogP contribution in [0.15, 0.2) is 10.7 Å². The van der Waals surface area contributed by atoms with Crippen molar-refractivity contribution in [1.82, 2.24) is 20.1 Å². The third-order valence-corrected chi connectivity index (χ3v) is 5.43. The van der Waals surface area contributed by atoms with Gasteiger partial charge in [-0.25, -0.2) is 0 Å². The lowest BCUT2D eigenvalue weighted by Crippen LogP contribution is -2.35. The fraction of sp³-hybridized carbons (Fsp3) is 0.786. The average molecular weight is 342 g/mol. The van der Waals surface area contributed by atoms with Gasteiger partial charge in [0.15, 0.2) is 0 Å². The highest BCUT2D eigenvalue weighted by Gasteiger charge is 2.48. The van der Waals surface area contributed by atoms with E-state index in [0.717, 1.165) is 29.4 Å². The van der Waals surface area contributed by atoms with E-state index in [1.807, 2.05) is 6.20 Å². The molecule has 2 fully saturated rings. The molecule has 5 nitrogen and oxygen atoms in total. The minimum absolute atomic E-state index is 0.210. The molecular weight excluding hydrogens is 318 g/mol. The van der Waals surface area contributed by atoms with Gasteiger partial charge in [-0.1, -0.05) is 0 Å². The Labute approximate surface area is 129 Å². The van der Waals surface area contributed by atoms with Crippen LogP contribution in [0, 0.1) is 17.8 Å². The van der Waals surface area contributed by atoms with E-state index in [0.29, 0.717) is 5.92 Å². The SMILES string of the molecule is CN(C)CCn1ncc(Br)c1C(NN)C1CC2CC2C1. The fourth-order valence-corrected chi connectivity index (χ4v) is 4.17. The first-order valence-electron chi connectivity index (χ1n) is 7.42. The second kappa shape index (κ2) is 5.75. The molecular formula is C14H24BrN5. The number of aromatic nitrogens is 2. The van der Waals surface area contributed by atoms with Crippen molar-refractivity contribution in [3.05, 3.63) is 16.4 Å². The molecule has 0 aromatic carbocycles. The number of nitrogens with two attached hydrogens (primary N) is 1. The number of nitrogens with one attached hydrogen (secondary N) is 1. The zero-order valence-corrected chi connectivity index (χ0v) is 13.8. The predicted molar refractivity (Wildman–Crippen MR) is 82.9 cm³/mol. The summed E-state index contributed by atoms with van der Waals surface area (Å²) in [5, 5.41) is 4.51. The molecule has 2 aliphatic carbocycles. The zero-order valence-electron chi connectivity index (χ0n) is 12.2. The minimum Gasteiger partial charge on any atom is -0.308 e. The molecule has 2 aliphatic rings. The van der Waals surface area contributed by atoms with Gasteiger partial charge in [0, 0.05) is 6.54 Å². The Morgan fingerprint density at radius 3 is 2.75 bits per heavy atom. The Morgan fingerprint density at radius 1 is 1.45 bits per heavy atom. The first-order valence-corrected chi connectivity index (χ1v) is 8.21. The van der Waals surface area contributed by atoms with Crippen molar-refractivity contribution in [2.75, 3.05) is 20.6 Å². The van der Waals surface area contributed by atoms with E-state index in [9.17, 15) is 0 Å². The molecule has 0 amide bonds. The molecule has 0 aliphatic heterocycles. The summed E-state index contributed by atoms with van der Waals surface area (Å²) in [4.78, 5) is 2.18. The largest absolute Gasteiger partial charge is 0.308 e. The second-order valence-corrected chi connectivity index (χ2v) is 7.39. The molecule has 0 spiro atoms. The van der Waals surface area contributed by atoms with Gasteiger partial charge in [0.2, 0.25) is 0 Å². The van der Waals surface area contributed by atoms with Crippen LogP contribution < -0.4 is 11.3 Å². The molecule has 1 heterocycles. The van der Waals surface area contributed by atoms with Gasteiger partial charge in [-0.3, -0.25) is 16.0 Å². The smallest absolute Gasteiger partial charge is 0.0712 e. The Hall–Kier alpha value is -0.430. The van der Waals surface area contributed by atoms with E-state index < -0.39 is 0 Å². The highest BCUT2D eigenvalue weighted by molar-refractivity contribution is 9.10. The van der Waals surface area contributed by atoms with Crippen LogP contribution in [0.1, 0.15) is 31.0 Å². The van der Waals surface area contributed by atoms with Crippen molar-refractivity contribution in [3.63, 3.8) is 0 Å². The van der Waals surface area contributed by atoms with Crippen LogP contribution in [0.2, 0.25) is 0 Å². The number of likely N-dealkylation sites (N-methyl/N-ethyl adjacent to an activating group) is 1. The summed E-state index contributed by atoms with van der Waals surface area (Å²) in [7, 11) is 4.17. The lowest BCUT2D eigenvalue weighted by Gasteiger charge is -2.26. The fourth-order valence-electron chi connectivity index (χ4n) is 3.63. The number of nitrogens with zero attached hydrogens (tertiary/aromatic N) is 3. The standard InChI is InChI=1S/C14H24BrN5/c1-19(2)3-4-20-14(12(15)8-17-20)13(18-16)11-6-9-5-10(9)7-11/h8-11,13,18H,3-7,16H2,1-2H3. The predicted octanol–water partition coefficient (Wildman–Crippen LogP) is 1.76. The molecule has 6 heteroatoms. The van der Waals surface area contributed by atoms with Crippen LogP contribution in [-0.2, 0) is 6.54 Å². The topological polar surface area (TPSA) is 59.1 Å². The first kappa shape index (κ1) is 14.5. The highest BCUT2D eigenvalue weighted by atomic mass is 79.9. The van der Waals surface area contributed by atoms with E-state index in [1.54, 1.807) is 0 Å². The van der Waals surface area contributed by atoms with Crippen LogP contribution in [-0.4, -0.2) is 35.3 Å². The van der Waals surface area contributed by atoms with E-state index in [-0.39, 0.29) is 6.04 Å². The Kier molecular flexibility index (Phi) is 4.17. The molecule has 1 aromatic rings. The summed E-state index contributed by atoms with van der Waals surface area (Å²) in [6, 6.07) is 0.210. The Balaban J connectivity index is 1.77. The zero-order chi connectivity index (χ0) is 14.3. The van der Waals surface area contributed by atoms with Crippen molar-refractivity contribution in [3.8, 4) is 0 Å². The van der Waals surface area contributed by atoms with Gasteiger partial charge in [0.05, 0.1) is 29.0 Å². The van der Waals surface area contributed by atoms with Gasteiger partial charge >= 0.3 is 0 Å². The second-order valence-electron chi connectivity index (χ2n) is 6.54. The normalized spacial score (nSPS) is 29.8. The van der Waals surface area contributed by atoms with Crippen LogP contribution in [0.25, 0.3) is 0 Å². The number of hydrogen-bond acceptors (Lipinski definition) is 4. The molecule has 1 aromatic heterocycles. The quantitative estimate of drug-likeness (QED) is 0.611. The lowest BCUT2D eigenvalue weighted by molar-refractivity contribution is 0.313. The third-order valence-electron chi connectivity index (χ3n) is 4.82. The van der Waals surface area contributed by atoms with Crippen molar-refractivity contribution >= 4 is 15.9 Å². The van der Waals surface area contributed by atoms with E-state index in [2.05, 4.69) is 50.1 Å². The average Bonchev–Trinajstić information content (AvgIpc) is 2.85. The van der Waals surface area contributed by atoms with Crippen LogP contribution in [0.3, 0.4) is 0 Å². The molecule has 3 atom stereocenters. The molecule has 0 saturated heterocycles. The van der Waals surface area contributed by atoms with Gasteiger partial charge in [-0.2, -0.15) is 5.10 Å². The molecule has 0 radical (unpaired) electrons. The van der Waals surface area contributed by atoms with Gasteiger partial charge in [-0.05, 0) is 67.0 Å². The van der Waals surface area contributed by atoms with E-state index in [4.69, 9.17) is 5.84 Å². The number of fused-ring (bicyclic) bond motifs is 1. The summed E-state index contributed by atoms with van der Waals surface area (Å²) in [5.74, 6) is 8.45. The Bertz CT molecular complexity index is 462. The number of halogens is 1. The van der Waals surface area contributed by atoms with Crippen molar-refractivity contribution in [1.29, 1.82) is 0 Å². The summed E-state index contributed by atoms with van der Waals surface area (Å²) in [5.41, 5.74) is 4.26. The molecule has 3 unspecified atom stereocenters. The van der Waals surface area contributed by atoms with Crippen molar-refractivity contribution in [2.45, 2.75) is 31.8 Å². The molecule has 2 saturated carbocycles. The van der Waals surface area contributed by atoms with Crippen LogP contribution >= 0.6 is 15.9 Å². The van der Waals surface area contributed by atoms with Gasteiger partial charge in [0.1, 0.15) is 0 Å². The maximum absolute atomic E-state index is 5.88. The first-order chi connectivity index (χ1) is 9.60. The molecule has 112 valence electrons. The third kappa shape index (κ3) is 2.79. The van der Waals surface area contributed by atoms with Gasteiger partial charge < -0.3 is 4.90 Å². The summed E-state index contributed by atoms with van der Waals surface area (Å²) in [6.45, 7) is 1.88. The summed E-state index contributed by atoms with van der Waals surface area (Å²) >= 11 is 3.65. The van der Waals surface area contributed by atoms with E-state index in [1.165, 1.54) is 25.0 Å². The van der Waals surface area contributed by atoms with Crippen molar-refractivity contribution < 1.29 is 0 Å². The highest BCUT2D eigenvalue weighted by Crippen LogP contribution is 2.57. The monoisotopic (exact) mass is 341 g/mol. The van der Waals surface area contributed by atoms with Crippen LogP contribution in [0.4, 0.5) is 0 Å². The van der Waals surface area contributed by atoms with Gasteiger partial charge in [0.25, 0.3) is 0 Å². The maximum atomic E-state index is 5.88. The van der Waals surface area contributed by atoms with E-state index >= 15 is 0 Å². The number of hydrogen-bond donors (Lipinski definition) is 2. The molecule has 20 heavy (non-hydrogen) atoms. The summed E-state index contributed by atoms with van der Waals surface area (Å²) in [6.07, 6.45) is 5.95. The Morgan fingerprint density at radius 2 is 2.15 bits per heavy atom. The minimum atomic E-state index is 0.210. The van der Waals surface area contributed by atoms with Crippen molar-refractivity contribution in [2.24, 2.45) is 23.6 Å². The maximum Gasteiger partial charge on any atom is 0.0712 e. The van der Waals surface area contributed by atoms with Gasteiger partial charge in [-0.15, -0.1) is 0 Å².